The molecule has 5 nitrogen and oxygen atoms in total. The van der Waals surface area contributed by atoms with E-state index in [2.05, 4.69) is 29.0 Å². The largest absolute Gasteiger partial charge is 0.317 e. The van der Waals surface area contributed by atoms with Crippen molar-refractivity contribution in [2.24, 2.45) is 0 Å². The van der Waals surface area contributed by atoms with Gasteiger partial charge in [-0.05, 0) is 31.5 Å². The number of rotatable bonds is 3. The molecule has 0 aliphatic carbocycles. The second kappa shape index (κ2) is 6.48. The molecule has 0 spiro atoms. The molecular formula is C18H20N4OS2. The Bertz CT molecular complexity index is 913. The van der Waals surface area contributed by atoms with Crippen LogP contribution in [0.5, 0.6) is 0 Å². The van der Waals surface area contributed by atoms with Crippen molar-refractivity contribution in [2.75, 3.05) is 11.9 Å². The Kier molecular flexibility index (Phi) is 4.31. The van der Waals surface area contributed by atoms with Gasteiger partial charge in [0.05, 0.1) is 10.9 Å². The predicted molar refractivity (Wildman–Crippen MR) is 104 cm³/mol. The summed E-state index contributed by atoms with van der Waals surface area (Å²) in [7, 11) is 0. The highest BCUT2D eigenvalue weighted by Gasteiger charge is 2.30. The zero-order valence-corrected chi connectivity index (χ0v) is 16.1. The summed E-state index contributed by atoms with van der Waals surface area (Å²) < 4.78 is 1.12. The van der Waals surface area contributed by atoms with Crippen LogP contribution in [-0.4, -0.2) is 33.4 Å². The van der Waals surface area contributed by atoms with E-state index in [-0.39, 0.29) is 5.91 Å². The molecule has 0 unspecified atom stereocenters. The highest BCUT2D eigenvalue weighted by Crippen LogP contribution is 2.46. The number of nitrogens with one attached hydrogen (secondary N) is 1. The lowest BCUT2D eigenvalue weighted by Crippen LogP contribution is -2.37. The molecule has 1 amide bonds. The van der Waals surface area contributed by atoms with Crippen LogP contribution in [-0.2, 0) is 17.8 Å². The minimum Gasteiger partial charge on any atom is -0.317 e. The second-order valence-electron chi connectivity index (χ2n) is 6.37. The second-order valence-corrected chi connectivity index (χ2v) is 8.50. The van der Waals surface area contributed by atoms with E-state index < -0.39 is 0 Å². The fourth-order valence-corrected chi connectivity index (χ4v) is 5.78. The molecule has 0 saturated heterocycles. The van der Waals surface area contributed by atoms with Gasteiger partial charge in [-0.2, -0.15) is 0 Å². The lowest BCUT2D eigenvalue weighted by Gasteiger charge is -2.32. The van der Waals surface area contributed by atoms with Gasteiger partial charge in [-0.15, -0.1) is 22.7 Å². The highest BCUT2D eigenvalue weighted by molar-refractivity contribution is 7.22. The predicted octanol–water partition coefficient (Wildman–Crippen LogP) is 4.14. The Morgan fingerprint density at radius 3 is 3.00 bits per heavy atom. The van der Waals surface area contributed by atoms with Gasteiger partial charge in [-0.3, -0.25) is 14.7 Å². The van der Waals surface area contributed by atoms with Crippen LogP contribution in [0.4, 0.5) is 5.00 Å². The van der Waals surface area contributed by atoms with Crippen molar-refractivity contribution < 1.29 is 4.79 Å². The molecule has 3 aromatic rings. The van der Waals surface area contributed by atoms with Crippen LogP contribution in [0.1, 0.15) is 31.2 Å². The molecule has 0 aromatic carbocycles. The summed E-state index contributed by atoms with van der Waals surface area (Å²) in [4.78, 5) is 24.5. The number of hydrogen-bond donors (Lipinski definition) is 1. The monoisotopic (exact) mass is 372 g/mol. The van der Waals surface area contributed by atoms with E-state index in [1.165, 1.54) is 10.4 Å². The molecule has 7 heteroatoms. The first-order chi connectivity index (χ1) is 12.1. The van der Waals surface area contributed by atoms with E-state index in [0.717, 1.165) is 45.3 Å². The van der Waals surface area contributed by atoms with Crippen LogP contribution in [0.25, 0.3) is 20.8 Å². The SMILES string of the molecule is CCN1Cc2sc(NC(C)=O)c(-c3nc4cnccc4s3)c2C[C@H]1C. The number of anilines is 1. The number of aromatic nitrogens is 2. The van der Waals surface area contributed by atoms with Gasteiger partial charge in [-0.1, -0.05) is 6.92 Å². The molecule has 25 heavy (non-hydrogen) atoms. The maximum atomic E-state index is 11.7. The molecule has 1 atom stereocenters. The third kappa shape index (κ3) is 2.96. The zero-order chi connectivity index (χ0) is 17.6. The molecule has 130 valence electrons. The molecule has 1 aliphatic heterocycles. The molecule has 0 radical (unpaired) electrons. The first kappa shape index (κ1) is 16.6. The minimum atomic E-state index is -0.0389. The van der Waals surface area contributed by atoms with Gasteiger partial charge in [-0.25, -0.2) is 4.98 Å². The van der Waals surface area contributed by atoms with E-state index in [4.69, 9.17) is 4.98 Å². The molecule has 0 fully saturated rings. The lowest BCUT2D eigenvalue weighted by molar-refractivity contribution is -0.114. The van der Waals surface area contributed by atoms with Crippen molar-refractivity contribution in [1.82, 2.24) is 14.9 Å². The van der Waals surface area contributed by atoms with Crippen molar-refractivity contribution in [3.63, 3.8) is 0 Å². The smallest absolute Gasteiger partial charge is 0.221 e. The summed E-state index contributed by atoms with van der Waals surface area (Å²) in [5, 5.41) is 4.93. The summed E-state index contributed by atoms with van der Waals surface area (Å²) in [6.45, 7) is 8.01. The van der Waals surface area contributed by atoms with Gasteiger partial charge in [0.1, 0.15) is 15.5 Å². The Balaban J connectivity index is 1.87. The van der Waals surface area contributed by atoms with E-state index in [0.29, 0.717) is 6.04 Å². The van der Waals surface area contributed by atoms with Crippen molar-refractivity contribution in [2.45, 2.75) is 39.8 Å². The molecule has 4 heterocycles. The van der Waals surface area contributed by atoms with Crippen LogP contribution in [0.3, 0.4) is 0 Å². The van der Waals surface area contributed by atoms with Crippen molar-refractivity contribution in [3.8, 4) is 10.6 Å². The molecule has 0 saturated carbocycles. The molecule has 4 rings (SSSR count). The van der Waals surface area contributed by atoms with E-state index >= 15 is 0 Å². The average Bonchev–Trinajstić information content (AvgIpc) is 3.13. The Morgan fingerprint density at radius 1 is 1.44 bits per heavy atom. The van der Waals surface area contributed by atoms with Crippen LogP contribution in [0.15, 0.2) is 18.5 Å². The lowest BCUT2D eigenvalue weighted by atomic mass is 9.97. The number of hydrogen-bond acceptors (Lipinski definition) is 6. The number of nitrogens with zero attached hydrogens (tertiary/aromatic N) is 3. The topological polar surface area (TPSA) is 58.1 Å². The number of fused-ring (bicyclic) bond motifs is 2. The first-order valence-corrected chi connectivity index (χ1v) is 10.1. The summed E-state index contributed by atoms with van der Waals surface area (Å²) in [5.74, 6) is -0.0389. The van der Waals surface area contributed by atoms with Crippen LogP contribution in [0.2, 0.25) is 0 Å². The maximum absolute atomic E-state index is 11.7. The normalized spacial score (nSPS) is 17.6. The van der Waals surface area contributed by atoms with E-state index in [1.807, 2.05) is 6.07 Å². The van der Waals surface area contributed by atoms with Gasteiger partial charge in [0.15, 0.2) is 0 Å². The van der Waals surface area contributed by atoms with E-state index in [1.54, 1.807) is 42.0 Å². The summed E-state index contributed by atoms with van der Waals surface area (Å²) >= 11 is 3.36. The standard InChI is InChI=1S/C18H20N4OS2/c1-4-22-9-15-12(7-10(22)2)16(17(25-15)20-11(3)23)18-21-13-8-19-6-5-14(13)24-18/h5-6,8,10H,4,7,9H2,1-3H3,(H,20,23)/t10-/m1/s1. The number of likely N-dealkylation sites (N-methyl/N-ethyl adjacent to an activating group) is 1. The van der Waals surface area contributed by atoms with Gasteiger partial charge in [0, 0.05) is 36.1 Å². The number of thiophene rings is 1. The average molecular weight is 373 g/mol. The van der Waals surface area contributed by atoms with Gasteiger partial charge in [0.25, 0.3) is 0 Å². The fourth-order valence-electron chi connectivity index (χ4n) is 3.41. The van der Waals surface area contributed by atoms with Crippen molar-refractivity contribution in [1.29, 1.82) is 0 Å². The number of carbonyl (C=O) groups excluding carboxylic acids is 1. The van der Waals surface area contributed by atoms with Crippen LogP contribution < -0.4 is 5.32 Å². The van der Waals surface area contributed by atoms with Gasteiger partial charge >= 0.3 is 0 Å². The van der Waals surface area contributed by atoms with Gasteiger partial charge in [0.2, 0.25) is 5.91 Å². The summed E-state index contributed by atoms with van der Waals surface area (Å²) in [6.07, 6.45) is 4.58. The molecule has 1 N–H and O–H groups in total. The number of thiazole rings is 1. The minimum absolute atomic E-state index is 0.0389. The third-order valence-electron chi connectivity index (χ3n) is 4.66. The molecular weight excluding hydrogens is 352 g/mol. The molecule has 1 aliphatic rings. The van der Waals surface area contributed by atoms with Crippen molar-refractivity contribution in [3.05, 3.63) is 28.9 Å². The highest BCUT2D eigenvalue weighted by atomic mass is 32.1. The number of amides is 1. The Morgan fingerprint density at radius 2 is 2.28 bits per heavy atom. The Labute approximate surface area is 154 Å². The number of pyridine rings is 1. The maximum Gasteiger partial charge on any atom is 0.221 e. The first-order valence-electron chi connectivity index (χ1n) is 8.44. The Hall–Kier alpha value is -1.83. The third-order valence-corrected chi connectivity index (χ3v) is 6.85. The quantitative estimate of drug-likeness (QED) is 0.750. The van der Waals surface area contributed by atoms with Crippen molar-refractivity contribution >= 4 is 43.8 Å². The fraction of sp³-hybridized carbons (Fsp3) is 0.389. The van der Waals surface area contributed by atoms with Crippen LogP contribution in [0, 0.1) is 0 Å². The van der Waals surface area contributed by atoms with E-state index in [9.17, 15) is 4.79 Å². The summed E-state index contributed by atoms with van der Waals surface area (Å²) in [6, 6.07) is 2.49. The zero-order valence-electron chi connectivity index (χ0n) is 14.5. The number of carbonyl (C=O) groups is 1. The molecule has 3 aromatic heterocycles. The molecule has 0 bridgehead atoms. The summed E-state index contributed by atoms with van der Waals surface area (Å²) in [5.41, 5.74) is 3.37. The van der Waals surface area contributed by atoms with Crippen LogP contribution >= 0.6 is 22.7 Å². The van der Waals surface area contributed by atoms with Gasteiger partial charge < -0.3 is 5.32 Å².